The molecular formula is C27H27F3N4O5. The Labute approximate surface area is 222 Å². The monoisotopic (exact) mass is 544 g/mol. The third-order valence-electron chi connectivity index (χ3n) is 5.73. The topological polar surface area (TPSA) is 140 Å². The molecule has 3 amide bonds. The van der Waals surface area contributed by atoms with E-state index in [1.165, 1.54) is 42.7 Å². The maximum Gasteiger partial charge on any atom is 0.416 e. The SMILES string of the molecule is C[C@@H](O)[C@H](NC(=O)c1ccc(-c2ccc(NC(=O)CNCc3ccccc3C(F)(F)F)cc2)cc1)C(=O)NO. The van der Waals surface area contributed by atoms with Gasteiger partial charge in [0, 0.05) is 17.8 Å². The highest BCUT2D eigenvalue weighted by atomic mass is 19.4. The summed E-state index contributed by atoms with van der Waals surface area (Å²) >= 11 is 0. The molecular weight excluding hydrogens is 517 g/mol. The molecule has 6 N–H and O–H groups in total. The van der Waals surface area contributed by atoms with E-state index in [0.717, 1.165) is 17.2 Å². The van der Waals surface area contributed by atoms with Crippen LogP contribution in [-0.2, 0) is 22.3 Å². The van der Waals surface area contributed by atoms with Crippen molar-refractivity contribution >= 4 is 23.4 Å². The Morgan fingerprint density at radius 2 is 1.49 bits per heavy atom. The van der Waals surface area contributed by atoms with Crippen molar-refractivity contribution in [2.75, 3.05) is 11.9 Å². The molecule has 0 unspecified atom stereocenters. The lowest BCUT2D eigenvalue weighted by Gasteiger charge is -2.19. The number of halogens is 3. The first-order valence-electron chi connectivity index (χ1n) is 11.8. The molecule has 0 radical (unpaired) electrons. The molecule has 39 heavy (non-hydrogen) atoms. The fourth-order valence-corrected chi connectivity index (χ4v) is 3.73. The van der Waals surface area contributed by atoms with Gasteiger partial charge >= 0.3 is 6.18 Å². The summed E-state index contributed by atoms with van der Waals surface area (Å²) in [6.07, 6.45) is -5.71. The van der Waals surface area contributed by atoms with Crippen LogP contribution in [0.1, 0.15) is 28.4 Å². The predicted molar refractivity (Wildman–Crippen MR) is 137 cm³/mol. The zero-order valence-electron chi connectivity index (χ0n) is 20.8. The minimum absolute atomic E-state index is 0.0454. The maximum absolute atomic E-state index is 13.1. The number of aliphatic hydroxyl groups is 1. The standard InChI is InChI=1S/C27H27F3N4O5/c1-16(35)24(26(38)34-39)33-25(37)19-8-6-17(7-9-19)18-10-12-21(13-11-18)32-23(36)15-31-14-20-4-2-3-5-22(20)27(28,29)30/h2-13,16,24,31,35,39H,14-15H2,1H3,(H,32,36)(H,33,37)(H,34,38)/t16-,24+/m1/s1. The molecule has 0 heterocycles. The molecule has 2 atom stereocenters. The molecule has 0 fully saturated rings. The van der Waals surface area contributed by atoms with Gasteiger partial charge in [-0.3, -0.25) is 19.6 Å². The van der Waals surface area contributed by atoms with Gasteiger partial charge in [-0.15, -0.1) is 0 Å². The lowest BCUT2D eigenvalue weighted by molar-refractivity contribution is -0.138. The number of amides is 3. The molecule has 3 rings (SSSR count). The molecule has 0 aliphatic carbocycles. The second-order valence-corrected chi connectivity index (χ2v) is 8.63. The van der Waals surface area contributed by atoms with Gasteiger partial charge in [0.25, 0.3) is 11.8 Å². The van der Waals surface area contributed by atoms with E-state index in [2.05, 4.69) is 16.0 Å². The van der Waals surface area contributed by atoms with Crippen molar-refractivity contribution in [3.05, 3.63) is 89.5 Å². The van der Waals surface area contributed by atoms with E-state index < -0.39 is 41.6 Å². The van der Waals surface area contributed by atoms with Crippen molar-refractivity contribution in [3.8, 4) is 11.1 Å². The van der Waals surface area contributed by atoms with Crippen molar-refractivity contribution < 1.29 is 37.9 Å². The van der Waals surface area contributed by atoms with Crippen molar-refractivity contribution in [1.29, 1.82) is 0 Å². The molecule has 0 saturated carbocycles. The lowest BCUT2D eigenvalue weighted by Crippen LogP contribution is -2.51. The number of rotatable bonds is 10. The summed E-state index contributed by atoms with van der Waals surface area (Å²) in [6.45, 7) is 0.988. The van der Waals surface area contributed by atoms with Crippen LogP contribution in [0.25, 0.3) is 11.1 Å². The van der Waals surface area contributed by atoms with E-state index in [1.807, 2.05) is 0 Å². The smallest absolute Gasteiger partial charge is 0.391 e. The van der Waals surface area contributed by atoms with Crippen molar-refractivity contribution in [3.63, 3.8) is 0 Å². The zero-order chi connectivity index (χ0) is 28.6. The molecule has 0 bridgehead atoms. The molecule has 3 aromatic carbocycles. The lowest BCUT2D eigenvalue weighted by atomic mass is 10.0. The Bertz CT molecular complexity index is 1300. The van der Waals surface area contributed by atoms with Crippen LogP contribution < -0.4 is 21.4 Å². The number of anilines is 1. The Balaban J connectivity index is 1.54. The third-order valence-corrected chi connectivity index (χ3v) is 5.73. The minimum atomic E-state index is -4.48. The van der Waals surface area contributed by atoms with E-state index in [-0.39, 0.29) is 24.2 Å². The summed E-state index contributed by atoms with van der Waals surface area (Å²) in [5.74, 6) is -2.00. The third kappa shape index (κ3) is 8.11. The summed E-state index contributed by atoms with van der Waals surface area (Å²) in [7, 11) is 0. The predicted octanol–water partition coefficient (Wildman–Crippen LogP) is 3.09. The highest BCUT2D eigenvalue weighted by Crippen LogP contribution is 2.31. The number of carbonyl (C=O) groups is 3. The number of hydrogen-bond donors (Lipinski definition) is 6. The highest BCUT2D eigenvalue weighted by molar-refractivity contribution is 5.98. The fraction of sp³-hybridized carbons (Fsp3) is 0.222. The molecule has 0 aliphatic heterocycles. The average molecular weight is 545 g/mol. The number of hydroxylamine groups is 1. The van der Waals surface area contributed by atoms with Crippen LogP contribution in [0.2, 0.25) is 0 Å². The first kappa shape index (κ1) is 29.3. The molecule has 0 aliphatic rings. The Hall–Kier alpha value is -4.26. The van der Waals surface area contributed by atoms with Gasteiger partial charge in [-0.1, -0.05) is 42.5 Å². The Kier molecular flexibility index (Phi) is 9.77. The van der Waals surface area contributed by atoms with Crippen LogP contribution in [0.3, 0.4) is 0 Å². The van der Waals surface area contributed by atoms with Gasteiger partial charge < -0.3 is 21.1 Å². The fourth-order valence-electron chi connectivity index (χ4n) is 3.73. The summed E-state index contributed by atoms with van der Waals surface area (Å²) < 4.78 is 39.3. The van der Waals surface area contributed by atoms with Crippen LogP contribution in [0.5, 0.6) is 0 Å². The largest absolute Gasteiger partial charge is 0.416 e. The number of nitrogens with one attached hydrogen (secondary N) is 4. The van der Waals surface area contributed by atoms with Crippen LogP contribution in [0, 0.1) is 0 Å². The molecule has 206 valence electrons. The molecule has 0 aromatic heterocycles. The van der Waals surface area contributed by atoms with Gasteiger partial charge in [-0.25, -0.2) is 5.48 Å². The normalized spacial score (nSPS) is 12.8. The molecule has 12 heteroatoms. The van der Waals surface area contributed by atoms with Crippen molar-refractivity contribution in [1.82, 2.24) is 16.1 Å². The minimum Gasteiger partial charge on any atom is -0.391 e. The van der Waals surface area contributed by atoms with Gasteiger partial charge in [-0.2, -0.15) is 13.2 Å². The zero-order valence-corrected chi connectivity index (χ0v) is 20.8. The number of aliphatic hydroxyl groups excluding tert-OH is 1. The van der Waals surface area contributed by atoms with E-state index in [4.69, 9.17) is 5.21 Å². The Morgan fingerprint density at radius 3 is 2.05 bits per heavy atom. The molecule has 3 aromatic rings. The van der Waals surface area contributed by atoms with Crippen LogP contribution in [0.4, 0.5) is 18.9 Å². The van der Waals surface area contributed by atoms with Gasteiger partial charge in [-0.05, 0) is 53.9 Å². The second-order valence-electron chi connectivity index (χ2n) is 8.63. The van der Waals surface area contributed by atoms with Gasteiger partial charge in [0.15, 0.2) is 0 Å². The first-order chi connectivity index (χ1) is 18.5. The number of alkyl halides is 3. The van der Waals surface area contributed by atoms with Gasteiger partial charge in [0.1, 0.15) is 6.04 Å². The summed E-state index contributed by atoms with van der Waals surface area (Å²) in [5.41, 5.74) is 2.94. The van der Waals surface area contributed by atoms with E-state index >= 15 is 0 Å². The maximum atomic E-state index is 13.1. The van der Waals surface area contributed by atoms with E-state index in [0.29, 0.717) is 5.69 Å². The molecule has 0 spiro atoms. The van der Waals surface area contributed by atoms with Crippen LogP contribution in [-0.4, -0.2) is 46.7 Å². The van der Waals surface area contributed by atoms with Crippen LogP contribution >= 0.6 is 0 Å². The Morgan fingerprint density at radius 1 is 0.897 bits per heavy atom. The van der Waals surface area contributed by atoms with Crippen molar-refractivity contribution in [2.24, 2.45) is 0 Å². The van der Waals surface area contributed by atoms with Gasteiger partial charge in [0.2, 0.25) is 5.91 Å². The summed E-state index contributed by atoms with van der Waals surface area (Å²) in [6, 6.07) is 17.0. The second kappa shape index (κ2) is 13.0. The van der Waals surface area contributed by atoms with E-state index in [1.54, 1.807) is 36.4 Å². The number of carbonyl (C=O) groups excluding carboxylic acids is 3. The molecule has 0 saturated heterocycles. The van der Waals surface area contributed by atoms with Crippen LogP contribution in [0.15, 0.2) is 72.8 Å². The van der Waals surface area contributed by atoms with Gasteiger partial charge in [0.05, 0.1) is 18.2 Å². The average Bonchev–Trinajstić information content (AvgIpc) is 2.91. The quantitative estimate of drug-likeness (QED) is 0.171. The van der Waals surface area contributed by atoms with Crippen molar-refractivity contribution in [2.45, 2.75) is 31.8 Å². The van der Waals surface area contributed by atoms with E-state index in [9.17, 15) is 32.7 Å². The number of benzene rings is 3. The first-order valence-corrected chi connectivity index (χ1v) is 11.8. The number of hydrogen-bond acceptors (Lipinski definition) is 6. The highest BCUT2D eigenvalue weighted by Gasteiger charge is 2.32. The molecule has 9 nitrogen and oxygen atoms in total. The summed E-state index contributed by atoms with van der Waals surface area (Å²) in [4.78, 5) is 36.3. The summed E-state index contributed by atoms with van der Waals surface area (Å²) in [5, 5.41) is 26.1.